The number of hydrogen-bond donors (Lipinski definition) is 1. The smallest absolute Gasteiger partial charge is 0.243 e. The summed E-state index contributed by atoms with van der Waals surface area (Å²) < 4.78 is 28.2. The average Bonchev–Trinajstić information content (AvgIpc) is 2.84. The Morgan fingerprint density at radius 3 is 2.62 bits per heavy atom. The first-order valence-corrected chi connectivity index (χ1v) is 11.0. The van der Waals surface area contributed by atoms with E-state index in [0.717, 1.165) is 30.4 Å². The molecule has 0 bridgehead atoms. The van der Waals surface area contributed by atoms with Crippen LogP contribution in [0, 0.1) is 0 Å². The molecule has 1 aromatic rings. The molecule has 7 heteroatoms. The van der Waals surface area contributed by atoms with Crippen LogP contribution in [0.1, 0.15) is 37.8 Å². The van der Waals surface area contributed by atoms with Crippen LogP contribution in [0.4, 0.5) is 0 Å². The predicted molar refractivity (Wildman–Crippen MR) is 102 cm³/mol. The molecule has 1 N–H and O–H groups in total. The predicted octanol–water partition coefficient (Wildman–Crippen LogP) is 1.40. The molecule has 1 fully saturated rings. The zero-order chi connectivity index (χ0) is 18.7. The van der Waals surface area contributed by atoms with E-state index < -0.39 is 10.0 Å². The quantitative estimate of drug-likeness (QED) is 0.858. The third kappa shape index (κ3) is 3.94. The second kappa shape index (κ2) is 8.06. The van der Waals surface area contributed by atoms with Crippen molar-refractivity contribution in [1.29, 1.82) is 0 Å². The minimum absolute atomic E-state index is 0.0192. The SMILES string of the molecule is CCCC1CNCCN1S(=O)(=O)c1ccc2c(c1)CCN(C(C)=O)CC2. The number of hydrogen-bond acceptors (Lipinski definition) is 4. The lowest BCUT2D eigenvalue weighted by Crippen LogP contribution is -2.53. The number of fused-ring (bicyclic) bond motifs is 1. The highest BCUT2D eigenvalue weighted by atomic mass is 32.2. The standard InChI is InChI=1S/C19H29N3O3S/c1-3-4-18-14-20-9-12-22(18)26(24,25)19-6-5-16-7-10-21(15(2)23)11-8-17(16)13-19/h5-6,13,18,20H,3-4,7-12,14H2,1-2H3. The fourth-order valence-corrected chi connectivity index (χ4v) is 5.66. The highest BCUT2D eigenvalue weighted by Gasteiger charge is 2.33. The molecule has 26 heavy (non-hydrogen) atoms. The van der Waals surface area contributed by atoms with Crippen LogP contribution in [0.15, 0.2) is 23.1 Å². The van der Waals surface area contributed by atoms with Crippen LogP contribution in [0.25, 0.3) is 0 Å². The third-order valence-corrected chi connectivity index (χ3v) is 7.40. The first-order valence-electron chi connectivity index (χ1n) is 9.53. The first-order chi connectivity index (χ1) is 12.4. The van der Waals surface area contributed by atoms with Gasteiger partial charge in [-0.25, -0.2) is 8.42 Å². The number of nitrogens with one attached hydrogen (secondary N) is 1. The van der Waals surface area contributed by atoms with E-state index in [1.807, 2.05) is 17.0 Å². The number of benzene rings is 1. The van der Waals surface area contributed by atoms with Crippen molar-refractivity contribution >= 4 is 15.9 Å². The van der Waals surface area contributed by atoms with Crippen molar-refractivity contribution in [3.8, 4) is 0 Å². The minimum atomic E-state index is -3.50. The molecule has 1 aromatic carbocycles. The molecule has 0 spiro atoms. The Morgan fingerprint density at radius 1 is 1.19 bits per heavy atom. The Labute approximate surface area is 156 Å². The molecule has 1 atom stereocenters. The molecule has 1 unspecified atom stereocenters. The Balaban J connectivity index is 1.86. The monoisotopic (exact) mass is 379 g/mol. The van der Waals surface area contributed by atoms with Gasteiger partial charge in [-0.2, -0.15) is 4.31 Å². The Bertz CT molecular complexity index is 761. The van der Waals surface area contributed by atoms with E-state index in [4.69, 9.17) is 0 Å². The van der Waals surface area contributed by atoms with Gasteiger partial charge < -0.3 is 10.2 Å². The van der Waals surface area contributed by atoms with Crippen LogP contribution in [-0.4, -0.2) is 62.3 Å². The van der Waals surface area contributed by atoms with Gasteiger partial charge in [0.15, 0.2) is 0 Å². The normalized spacial score (nSPS) is 21.9. The number of carbonyl (C=O) groups excluding carboxylic acids is 1. The highest BCUT2D eigenvalue weighted by Crippen LogP contribution is 2.25. The van der Waals surface area contributed by atoms with E-state index >= 15 is 0 Å². The third-order valence-electron chi connectivity index (χ3n) is 5.45. The number of amides is 1. The Morgan fingerprint density at radius 2 is 1.92 bits per heavy atom. The summed E-state index contributed by atoms with van der Waals surface area (Å²) in [4.78, 5) is 13.9. The van der Waals surface area contributed by atoms with Gasteiger partial charge in [-0.3, -0.25) is 4.79 Å². The molecule has 0 aromatic heterocycles. The van der Waals surface area contributed by atoms with Gasteiger partial charge >= 0.3 is 0 Å². The van der Waals surface area contributed by atoms with Crippen molar-refractivity contribution < 1.29 is 13.2 Å². The van der Waals surface area contributed by atoms with Gasteiger partial charge in [-0.1, -0.05) is 19.4 Å². The van der Waals surface area contributed by atoms with Crippen LogP contribution in [-0.2, 0) is 27.7 Å². The average molecular weight is 380 g/mol. The van der Waals surface area contributed by atoms with Crippen molar-refractivity contribution in [1.82, 2.24) is 14.5 Å². The van der Waals surface area contributed by atoms with Gasteiger partial charge in [0.25, 0.3) is 0 Å². The van der Waals surface area contributed by atoms with Crippen LogP contribution < -0.4 is 5.32 Å². The largest absolute Gasteiger partial charge is 0.342 e. The van der Waals surface area contributed by atoms with Gasteiger partial charge in [-0.05, 0) is 42.5 Å². The summed E-state index contributed by atoms with van der Waals surface area (Å²) in [6.45, 7) is 6.95. The molecule has 6 nitrogen and oxygen atoms in total. The van der Waals surface area contributed by atoms with E-state index in [1.54, 1.807) is 17.3 Å². The number of nitrogens with zero attached hydrogens (tertiary/aromatic N) is 2. The summed E-state index contributed by atoms with van der Waals surface area (Å²) in [7, 11) is -3.50. The number of piperazine rings is 1. The van der Waals surface area contributed by atoms with Crippen molar-refractivity contribution in [3.05, 3.63) is 29.3 Å². The fourth-order valence-electron chi connectivity index (χ4n) is 3.95. The second-order valence-electron chi connectivity index (χ2n) is 7.20. The highest BCUT2D eigenvalue weighted by molar-refractivity contribution is 7.89. The van der Waals surface area contributed by atoms with Gasteiger partial charge in [-0.15, -0.1) is 0 Å². The summed E-state index contributed by atoms with van der Waals surface area (Å²) in [6.07, 6.45) is 3.31. The Kier molecular flexibility index (Phi) is 5.99. The molecule has 1 saturated heterocycles. The van der Waals surface area contributed by atoms with Gasteiger partial charge in [0, 0.05) is 45.7 Å². The number of sulfonamides is 1. The van der Waals surface area contributed by atoms with Gasteiger partial charge in [0.05, 0.1) is 4.90 Å². The van der Waals surface area contributed by atoms with Crippen molar-refractivity contribution in [2.45, 2.75) is 50.5 Å². The topological polar surface area (TPSA) is 69.7 Å². The summed E-state index contributed by atoms with van der Waals surface area (Å²) in [6, 6.07) is 5.52. The summed E-state index contributed by atoms with van der Waals surface area (Å²) >= 11 is 0. The molecule has 2 aliphatic rings. The zero-order valence-corrected chi connectivity index (χ0v) is 16.5. The van der Waals surface area contributed by atoms with Gasteiger partial charge in [0.2, 0.25) is 15.9 Å². The summed E-state index contributed by atoms with van der Waals surface area (Å²) in [5, 5.41) is 3.30. The molecule has 3 rings (SSSR count). The number of rotatable bonds is 4. The summed E-state index contributed by atoms with van der Waals surface area (Å²) in [5.74, 6) is 0.0777. The van der Waals surface area contributed by atoms with Crippen molar-refractivity contribution in [2.24, 2.45) is 0 Å². The van der Waals surface area contributed by atoms with E-state index in [0.29, 0.717) is 44.0 Å². The van der Waals surface area contributed by atoms with Gasteiger partial charge in [0.1, 0.15) is 0 Å². The first kappa shape index (κ1) is 19.3. The second-order valence-corrected chi connectivity index (χ2v) is 9.09. The minimum Gasteiger partial charge on any atom is -0.342 e. The lowest BCUT2D eigenvalue weighted by Gasteiger charge is -2.35. The van der Waals surface area contributed by atoms with Crippen molar-refractivity contribution in [2.75, 3.05) is 32.7 Å². The van der Waals surface area contributed by atoms with E-state index in [1.165, 1.54) is 0 Å². The molecule has 2 heterocycles. The van der Waals surface area contributed by atoms with E-state index in [2.05, 4.69) is 12.2 Å². The lowest BCUT2D eigenvalue weighted by molar-refractivity contribution is -0.128. The molecular formula is C19H29N3O3S. The van der Waals surface area contributed by atoms with Crippen LogP contribution in [0.5, 0.6) is 0 Å². The molecular weight excluding hydrogens is 350 g/mol. The van der Waals surface area contributed by atoms with Crippen molar-refractivity contribution in [3.63, 3.8) is 0 Å². The van der Waals surface area contributed by atoms with Crippen LogP contribution in [0.2, 0.25) is 0 Å². The number of carbonyl (C=O) groups is 1. The van der Waals surface area contributed by atoms with E-state index in [9.17, 15) is 13.2 Å². The molecule has 0 aliphatic carbocycles. The molecule has 144 valence electrons. The fraction of sp³-hybridized carbons (Fsp3) is 0.632. The molecule has 0 radical (unpaired) electrons. The van der Waals surface area contributed by atoms with Crippen LogP contribution >= 0.6 is 0 Å². The zero-order valence-electron chi connectivity index (χ0n) is 15.7. The van der Waals surface area contributed by atoms with Crippen LogP contribution in [0.3, 0.4) is 0 Å². The maximum absolute atomic E-state index is 13.3. The maximum Gasteiger partial charge on any atom is 0.243 e. The molecule has 1 amide bonds. The molecule has 2 aliphatic heterocycles. The Hall–Kier alpha value is -1.44. The van der Waals surface area contributed by atoms with E-state index in [-0.39, 0.29) is 11.9 Å². The summed E-state index contributed by atoms with van der Waals surface area (Å²) in [5.41, 5.74) is 2.20. The lowest BCUT2D eigenvalue weighted by atomic mass is 10.0. The maximum atomic E-state index is 13.3. The molecule has 0 saturated carbocycles.